The molecule has 2 aromatic carbocycles. The molecule has 0 saturated heterocycles. The van der Waals surface area contributed by atoms with Crippen molar-refractivity contribution >= 4 is 5.78 Å². The molecule has 0 N–H and O–H groups in total. The molecule has 0 heterocycles. The van der Waals surface area contributed by atoms with Crippen molar-refractivity contribution in [3.8, 4) is 18.1 Å². The Hall–Kier alpha value is -2.57. The third kappa shape index (κ3) is 3.31. The van der Waals surface area contributed by atoms with Gasteiger partial charge in [-0.1, -0.05) is 36.3 Å². The smallest absolute Gasteiger partial charge is 0.196 e. The highest BCUT2D eigenvalue weighted by molar-refractivity contribution is 6.11. The lowest BCUT2D eigenvalue weighted by molar-refractivity contribution is 0.0503. The summed E-state index contributed by atoms with van der Waals surface area (Å²) in [7, 11) is 1.53. The monoisotopic (exact) mass is 280 g/mol. The van der Waals surface area contributed by atoms with E-state index < -0.39 is 0 Å². The summed E-state index contributed by atoms with van der Waals surface area (Å²) in [6.45, 7) is 1.95. The minimum Gasteiger partial charge on any atom is -0.467 e. The standard InChI is InChI=1S/C18H16O3/c1-4-14-11-16(17(10-13(14)2)21-12-20-3)18(19)15-8-6-5-7-9-15/h1,5-11H,12H2,2-3H3. The van der Waals surface area contributed by atoms with Crippen LogP contribution in [0.25, 0.3) is 0 Å². The zero-order chi connectivity index (χ0) is 15.2. The first-order valence-electron chi connectivity index (χ1n) is 6.50. The van der Waals surface area contributed by atoms with Crippen LogP contribution >= 0.6 is 0 Å². The molecule has 0 aliphatic heterocycles. The van der Waals surface area contributed by atoms with E-state index in [0.29, 0.717) is 22.4 Å². The average molecular weight is 280 g/mol. The summed E-state index contributed by atoms with van der Waals surface area (Å²) in [4.78, 5) is 12.6. The zero-order valence-electron chi connectivity index (χ0n) is 12.1. The molecule has 3 heteroatoms. The van der Waals surface area contributed by atoms with E-state index in [-0.39, 0.29) is 12.6 Å². The van der Waals surface area contributed by atoms with Crippen molar-refractivity contribution in [2.45, 2.75) is 6.92 Å². The first-order chi connectivity index (χ1) is 10.2. The molecule has 21 heavy (non-hydrogen) atoms. The Kier molecular flexibility index (Phi) is 4.76. The van der Waals surface area contributed by atoms with Crippen molar-refractivity contribution in [2.24, 2.45) is 0 Å². The number of hydrogen-bond donors (Lipinski definition) is 0. The van der Waals surface area contributed by atoms with Gasteiger partial charge in [-0.2, -0.15) is 0 Å². The summed E-state index contributed by atoms with van der Waals surface area (Å²) in [6, 6.07) is 12.5. The molecular formula is C18H16O3. The average Bonchev–Trinajstić information content (AvgIpc) is 2.53. The third-order valence-electron chi connectivity index (χ3n) is 3.09. The van der Waals surface area contributed by atoms with E-state index in [0.717, 1.165) is 5.56 Å². The van der Waals surface area contributed by atoms with Gasteiger partial charge in [0, 0.05) is 18.2 Å². The summed E-state index contributed by atoms with van der Waals surface area (Å²) in [5.41, 5.74) is 2.59. The van der Waals surface area contributed by atoms with Gasteiger partial charge in [-0.05, 0) is 24.6 Å². The van der Waals surface area contributed by atoms with Crippen LogP contribution in [0, 0.1) is 19.3 Å². The number of rotatable bonds is 5. The number of methoxy groups -OCH3 is 1. The normalized spacial score (nSPS) is 9.95. The van der Waals surface area contributed by atoms with Crippen LogP contribution in [0.4, 0.5) is 0 Å². The largest absolute Gasteiger partial charge is 0.467 e. The van der Waals surface area contributed by atoms with E-state index in [1.165, 1.54) is 7.11 Å². The fourth-order valence-electron chi connectivity index (χ4n) is 2.00. The van der Waals surface area contributed by atoms with E-state index in [4.69, 9.17) is 15.9 Å². The minimum atomic E-state index is -0.127. The highest BCUT2D eigenvalue weighted by Crippen LogP contribution is 2.26. The molecule has 0 unspecified atom stereocenters. The predicted molar refractivity (Wildman–Crippen MR) is 81.5 cm³/mol. The van der Waals surface area contributed by atoms with Crippen LogP contribution in [0.15, 0.2) is 42.5 Å². The summed E-state index contributed by atoms with van der Waals surface area (Å²) in [5.74, 6) is 2.93. The quantitative estimate of drug-likeness (QED) is 0.479. The van der Waals surface area contributed by atoms with Gasteiger partial charge >= 0.3 is 0 Å². The highest BCUT2D eigenvalue weighted by Gasteiger charge is 2.16. The number of ketones is 1. The topological polar surface area (TPSA) is 35.5 Å². The van der Waals surface area contributed by atoms with Gasteiger partial charge in [0.2, 0.25) is 0 Å². The minimum absolute atomic E-state index is 0.0733. The number of hydrogen-bond acceptors (Lipinski definition) is 3. The third-order valence-corrected chi connectivity index (χ3v) is 3.09. The Morgan fingerprint density at radius 2 is 1.95 bits per heavy atom. The second kappa shape index (κ2) is 6.74. The van der Waals surface area contributed by atoms with E-state index in [1.807, 2.05) is 25.1 Å². The molecule has 0 atom stereocenters. The van der Waals surface area contributed by atoms with Gasteiger partial charge in [0.05, 0.1) is 5.56 Å². The first kappa shape index (κ1) is 14.8. The molecule has 2 rings (SSSR count). The van der Waals surface area contributed by atoms with Crippen molar-refractivity contribution in [3.63, 3.8) is 0 Å². The van der Waals surface area contributed by atoms with Crippen molar-refractivity contribution in [3.05, 3.63) is 64.7 Å². The van der Waals surface area contributed by atoms with E-state index in [2.05, 4.69) is 5.92 Å². The molecule has 0 spiro atoms. The molecule has 0 bridgehead atoms. The number of ether oxygens (including phenoxy) is 2. The Bertz CT molecular complexity index is 682. The van der Waals surface area contributed by atoms with Crippen molar-refractivity contribution in [1.82, 2.24) is 0 Å². The van der Waals surface area contributed by atoms with Crippen molar-refractivity contribution < 1.29 is 14.3 Å². The number of benzene rings is 2. The van der Waals surface area contributed by atoms with Crippen LogP contribution in [0.2, 0.25) is 0 Å². The number of terminal acetylenes is 1. The van der Waals surface area contributed by atoms with Gasteiger partial charge < -0.3 is 9.47 Å². The predicted octanol–water partition coefficient (Wildman–Crippen LogP) is 3.19. The molecule has 3 nitrogen and oxygen atoms in total. The number of carbonyl (C=O) groups is 1. The molecular weight excluding hydrogens is 264 g/mol. The van der Waals surface area contributed by atoms with Crippen LogP contribution in [0.5, 0.6) is 5.75 Å². The summed E-state index contributed by atoms with van der Waals surface area (Å²) in [6.07, 6.45) is 5.48. The number of carbonyl (C=O) groups excluding carboxylic acids is 1. The summed E-state index contributed by atoms with van der Waals surface area (Å²) in [5, 5.41) is 0. The summed E-state index contributed by atoms with van der Waals surface area (Å²) >= 11 is 0. The molecule has 2 aromatic rings. The molecule has 0 amide bonds. The maximum Gasteiger partial charge on any atom is 0.196 e. The van der Waals surface area contributed by atoms with Gasteiger partial charge in [0.15, 0.2) is 12.6 Å². The van der Waals surface area contributed by atoms with Crippen LogP contribution in [0.3, 0.4) is 0 Å². The maximum atomic E-state index is 12.6. The molecule has 0 aliphatic carbocycles. The van der Waals surface area contributed by atoms with E-state index >= 15 is 0 Å². The van der Waals surface area contributed by atoms with Crippen molar-refractivity contribution in [1.29, 1.82) is 0 Å². The SMILES string of the molecule is C#Cc1cc(C(=O)c2ccccc2)c(OCOC)cc1C. The molecule has 0 fully saturated rings. The van der Waals surface area contributed by atoms with Crippen LogP contribution in [-0.4, -0.2) is 19.7 Å². The molecule has 0 saturated carbocycles. The lowest BCUT2D eigenvalue weighted by atomic mass is 9.98. The highest BCUT2D eigenvalue weighted by atomic mass is 16.7. The Morgan fingerprint density at radius 3 is 2.57 bits per heavy atom. The van der Waals surface area contributed by atoms with Gasteiger partial charge in [-0.15, -0.1) is 6.42 Å². The Balaban J connectivity index is 2.49. The maximum absolute atomic E-state index is 12.6. The second-order valence-electron chi connectivity index (χ2n) is 4.55. The van der Waals surface area contributed by atoms with Gasteiger partial charge in [0.1, 0.15) is 5.75 Å². The summed E-state index contributed by atoms with van der Waals surface area (Å²) < 4.78 is 10.4. The molecule has 0 aliphatic rings. The first-order valence-corrected chi connectivity index (χ1v) is 6.50. The van der Waals surface area contributed by atoms with E-state index in [1.54, 1.807) is 24.3 Å². The van der Waals surface area contributed by atoms with Crippen LogP contribution in [-0.2, 0) is 4.74 Å². The zero-order valence-corrected chi connectivity index (χ0v) is 12.1. The van der Waals surface area contributed by atoms with Gasteiger partial charge in [-0.3, -0.25) is 4.79 Å². The van der Waals surface area contributed by atoms with Crippen LogP contribution in [0.1, 0.15) is 27.0 Å². The molecule has 106 valence electrons. The van der Waals surface area contributed by atoms with Crippen LogP contribution < -0.4 is 4.74 Å². The van der Waals surface area contributed by atoms with Crippen molar-refractivity contribution in [2.75, 3.05) is 13.9 Å². The molecule has 0 radical (unpaired) electrons. The Morgan fingerprint density at radius 1 is 1.24 bits per heavy atom. The van der Waals surface area contributed by atoms with Gasteiger partial charge in [0.25, 0.3) is 0 Å². The number of aryl methyl sites for hydroxylation is 1. The fraction of sp³-hybridized carbons (Fsp3) is 0.167. The van der Waals surface area contributed by atoms with E-state index in [9.17, 15) is 4.79 Å². The van der Waals surface area contributed by atoms with Gasteiger partial charge in [-0.25, -0.2) is 0 Å². The molecule has 0 aromatic heterocycles. The Labute approximate surface area is 124 Å². The lowest BCUT2D eigenvalue weighted by Gasteiger charge is -2.12. The second-order valence-corrected chi connectivity index (χ2v) is 4.55. The lowest BCUT2D eigenvalue weighted by Crippen LogP contribution is -2.08. The fourth-order valence-corrected chi connectivity index (χ4v) is 2.00.